The lowest BCUT2D eigenvalue weighted by molar-refractivity contribution is 0.395. The van der Waals surface area contributed by atoms with E-state index in [1.807, 2.05) is 51.1 Å². The molecular formula is C16H17BrClN5O. The number of imidazole rings is 1. The summed E-state index contributed by atoms with van der Waals surface area (Å²) in [6.07, 6.45) is 0. The summed E-state index contributed by atoms with van der Waals surface area (Å²) in [7, 11) is 0. The van der Waals surface area contributed by atoms with Crippen LogP contribution in [0.1, 0.15) is 26.3 Å². The molecule has 0 unspecified atom stereocenters. The Kier molecular flexibility index (Phi) is 4.40. The van der Waals surface area contributed by atoms with Crippen LogP contribution in [0.4, 0.5) is 5.82 Å². The summed E-state index contributed by atoms with van der Waals surface area (Å²) in [5.74, 6) is 0.522. The molecular weight excluding hydrogens is 394 g/mol. The van der Waals surface area contributed by atoms with Crippen molar-refractivity contribution in [1.82, 2.24) is 19.5 Å². The monoisotopic (exact) mass is 409 g/mol. The molecule has 1 N–H and O–H groups in total. The van der Waals surface area contributed by atoms with E-state index < -0.39 is 5.54 Å². The van der Waals surface area contributed by atoms with Gasteiger partial charge in [-0.25, -0.2) is 4.79 Å². The second kappa shape index (κ2) is 6.22. The minimum absolute atomic E-state index is 0.0898. The highest BCUT2D eigenvalue weighted by molar-refractivity contribution is 9.10. The zero-order valence-corrected chi connectivity index (χ0v) is 15.9. The Morgan fingerprint density at radius 2 is 1.92 bits per heavy atom. The van der Waals surface area contributed by atoms with Gasteiger partial charge in [-0.3, -0.25) is 8.49 Å². The first-order chi connectivity index (χ1) is 11.3. The molecule has 0 aliphatic rings. The molecule has 0 saturated heterocycles. The van der Waals surface area contributed by atoms with Crippen LogP contribution >= 0.6 is 27.7 Å². The summed E-state index contributed by atoms with van der Waals surface area (Å²) in [5, 5.41) is 0.0898. The van der Waals surface area contributed by atoms with Crippen molar-refractivity contribution >= 4 is 44.7 Å². The number of nitrogens with zero attached hydrogens (tertiary/aromatic N) is 4. The molecule has 3 rings (SSSR count). The molecule has 0 amide bonds. The number of benzene rings is 1. The highest BCUT2D eigenvalue weighted by atomic mass is 79.9. The van der Waals surface area contributed by atoms with Crippen molar-refractivity contribution in [3.05, 3.63) is 51.7 Å². The third kappa shape index (κ3) is 3.18. The van der Waals surface area contributed by atoms with Crippen LogP contribution < -0.4 is 9.62 Å². The summed E-state index contributed by atoms with van der Waals surface area (Å²) < 4.78 is 3.35. The van der Waals surface area contributed by atoms with Gasteiger partial charge in [-0.05, 0) is 37.9 Å². The summed E-state index contributed by atoms with van der Waals surface area (Å²) in [6, 6.07) is 9.92. The summed E-state index contributed by atoms with van der Waals surface area (Å²) >= 11 is 9.62. The maximum atomic E-state index is 12.4. The Morgan fingerprint density at radius 1 is 1.25 bits per heavy atom. The number of nitrogens with one attached hydrogen (secondary N) is 1. The predicted octanol–water partition coefficient (Wildman–Crippen LogP) is 3.84. The molecule has 3 aromatic rings. The van der Waals surface area contributed by atoms with Crippen molar-refractivity contribution in [3.63, 3.8) is 0 Å². The van der Waals surface area contributed by atoms with Gasteiger partial charge in [-0.15, -0.1) is 0 Å². The molecule has 6 nitrogen and oxygen atoms in total. The van der Waals surface area contributed by atoms with Gasteiger partial charge in [0.05, 0.1) is 22.7 Å². The zero-order valence-electron chi connectivity index (χ0n) is 13.5. The van der Waals surface area contributed by atoms with Crippen molar-refractivity contribution in [1.29, 1.82) is 0 Å². The Labute approximate surface area is 152 Å². The summed E-state index contributed by atoms with van der Waals surface area (Å²) in [4.78, 5) is 23.8. The Bertz CT molecular complexity index is 929. The molecule has 2 heterocycles. The molecule has 0 fully saturated rings. The van der Waals surface area contributed by atoms with E-state index in [4.69, 9.17) is 11.6 Å². The quantitative estimate of drug-likeness (QED) is 0.526. The number of aromatic amines is 1. The zero-order chi connectivity index (χ0) is 17.5. The molecule has 0 aliphatic heterocycles. The first-order valence-corrected chi connectivity index (χ1v) is 8.52. The Hall–Kier alpha value is -1.86. The Morgan fingerprint density at radius 3 is 2.54 bits per heavy atom. The van der Waals surface area contributed by atoms with E-state index in [2.05, 4.69) is 31.1 Å². The van der Waals surface area contributed by atoms with Crippen LogP contribution in [-0.4, -0.2) is 19.5 Å². The highest BCUT2D eigenvalue weighted by Gasteiger charge is 2.24. The van der Waals surface area contributed by atoms with Crippen molar-refractivity contribution in [3.8, 4) is 0 Å². The average Bonchev–Trinajstić information content (AvgIpc) is 2.83. The minimum atomic E-state index is -0.430. The van der Waals surface area contributed by atoms with Crippen LogP contribution in [-0.2, 0) is 12.1 Å². The normalized spacial score (nSPS) is 11.9. The standard InChI is InChI=1S/C16H17BrClN5O/c1-16(2,3)23-13-11(19-15(23)24)12(20-14(18)21-13)22(17)9-10-7-5-4-6-8-10/h4-8H,9H2,1-3H3,(H,19,24). The second-order valence-corrected chi connectivity index (χ2v) is 7.65. The van der Waals surface area contributed by atoms with Crippen LogP contribution in [0.3, 0.4) is 0 Å². The summed E-state index contributed by atoms with van der Waals surface area (Å²) in [5.41, 5.74) is 1.46. The molecule has 126 valence electrons. The third-order valence-corrected chi connectivity index (χ3v) is 4.31. The number of aromatic nitrogens is 4. The molecule has 0 radical (unpaired) electrons. The van der Waals surface area contributed by atoms with Gasteiger partial charge in [0.2, 0.25) is 5.28 Å². The molecule has 24 heavy (non-hydrogen) atoms. The molecule has 0 bridgehead atoms. The van der Waals surface area contributed by atoms with E-state index >= 15 is 0 Å². The molecule has 0 saturated carbocycles. The lowest BCUT2D eigenvalue weighted by Gasteiger charge is -2.20. The minimum Gasteiger partial charge on any atom is -0.301 e. The van der Waals surface area contributed by atoms with Gasteiger partial charge in [0.1, 0.15) is 5.52 Å². The van der Waals surface area contributed by atoms with E-state index in [0.29, 0.717) is 23.5 Å². The highest BCUT2D eigenvalue weighted by Crippen LogP contribution is 2.29. The topological polar surface area (TPSA) is 66.8 Å². The van der Waals surface area contributed by atoms with Crippen LogP contribution in [0.15, 0.2) is 35.1 Å². The Balaban J connectivity index is 2.13. The first-order valence-electron chi connectivity index (χ1n) is 7.43. The number of halogens is 2. The van der Waals surface area contributed by atoms with Gasteiger partial charge in [0.15, 0.2) is 11.5 Å². The fraction of sp³-hybridized carbons (Fsp3) is 0.312. The number of H-pyrrole nitrogens is 1. The molecule has 2 aromatic heterocycles. The van der Waals surface area contributed by atoms with Gasteiger partial charge >= 0.3 is 5.69 Å². The number of hydrogen-bond donors (Lipinski definition) is 1. The SMILES string of the molecule is CC(C)(C)n1c(=O)[nH]c2c(N(Br)Cc3ccccc3)nc(Cl)nc21. The fourth-order valence-corrected chi connectivity index (χ4v) is 3.27. The largest absolute Gasteiger partial charge is 0.328 e. The number of hydrogen-bond acceptors (Lipinski definition) is 4. The predicted molar refractivity (Wildman–Crippen MR) is 99.7 cm³/mol. The lowest BCUT2D eigenvalue weighted by atomic mass is 10.1. The summed E-state index contributed by atoms with van der Waals surface area (Å²) in [6.45, 7) is 6.37. The third-order valence-electron chi connectivity index (χ3n) is 3.56. The van der Waals surface area contributed by atoms with Gasteiger partial charge in [0, 0.05) is 5.54 Å². The van der Waals surface area contributed by atoms with Crippen LogP contribution in [0.25, 0.3) is 11.2 Å². The molecule has 8 heteroatoms. The van der Waals surface area contributed by atoms with E-state index in [1.165, 1.54) is 0 Å². The van der Waals surface area contributed by atoms with E-state index in [1.54, 1.807) is 8.49 Å². The number of anilines is 1. The van der Waals surface area contributed by atoms with Crippen molar-refractivity contribution in [2.75, 3.05) is 3.93 Å². The molecule has 0 spiro atoms. The second-order valence-electron chi connectivity index (χ2n) is 6.46. The van der Waals surface area contributed by atoms with Crippen molar-refractivity contribution in [2.24, 2.45) is 0 Å². The smallest absolute Gasteiger partial charge is 0.301 e. The van der Waals surface area contributed by atoms with Gasteiger partial charge in [-0.2, -0.15) is 9.97 Å². The van der Waals surface area contributed by atoms with Crippen LogP contribution in [0.2, 0.25) is 5.28 Å². The maximum Gasteiger partial charge on any atom is 0.328 e. The van der Waals surface area contributed by atoms with E-state index in [-0.39, 0.29) is 11.0 Å². The van der Waals surface area contributed by atoms with E-state index in [9.17, 15) is 4.79 Å². The number of fused-ring (bicyclic) bond motifs is 1. The lowest BCUT2D eigenvalue weighted by Crippen LogP contribution is -2.32. The maximum absolute atomic E-state index is 12.4. The van der Waals surface area contributed by atoms with Crippen LogP contribution in [0, 0.1) is 0 Å². The first kappa shape index (κ1) is 17.0. The van der Waals surface area contributed by atoms with Gasteiger partial charge in [0.25, 0.3) is 0 Å². The van der Waals surface area contributed by atoms with Crippen molar-refractivity contribution < 1.29 is 0 Å². The molecule has 1 aromatic carbocycles. The molecule has 0 atom stereocenters. The average molecular weight is 411 g/mol. The fourth-order valence-electron chi connectivity index (χ4n) is 2.56. The van der Waals surface area contributed by atoms with Gasteiger partial charge < -0.3 is 4.98 Å². The van der Waals surface area contributed by atoms with Gasteiger partial charge in [-0.1, -0.05) is 30.3 Å². The molecule has 0 aliphatic carbocycles. The van der Waals surface area contributed by atoms with Crippen molar-refractivity contribution in [2.45, 2.75) is 32.9 Å². The van der Waals surface area contributed by atoms with E-state index in [0.717, 1.165) is 5.56 Å². The van der Waals surface area contributed by atoms with Crippen LogP contribution in [0.5, 0.6) is 0 Å². The number of rotatable bonds is 3.